The molecular weight excluding hydrogens is 909 g/mol. The Labute approximate surface area is 408 Å². The molecule has 0 aromatic heterocycles. The van der Waals surface area contributed by atoms with Gasteiger partial charge in [-0.3, -0.25) is 38.6 Å². The zero-order chi connectivity index (χ0) is 53.0. The molecule has 1 aromatic carbocycles. The van der Waals surface area contributed by atoms with Gasteiger partial charge in [-0.15, -0.1) is 0 Å². The molecule has 0 aliphatic carbocycles. The van der Waals surface area contributed by atoms with Crippen LogP contribution in [0.4, 0.5) is 0 Å². The zero-order valence-corrected chi connectivity index (χ0v) is 41.2. The summed E-state index contributed by atoms with van der Waals surface area (Å²) in [5, 5.41) is 46.3. The smallest absolute Gasteiger partial charge is 0.327 e. The van der Waals surface area contributed by atoms with Gasteiger partial charge in [-0.2, -0.15) is 0 Å². The molecule has 70 heavy (non-hydrogen) atoms. The second-order valence-electron chi connectivity index (χ2n) is 18.1. The maximum Gasteiger partial charge on any atom is 0.327 e. The van der Waals surface area contributed by atoms with Crippen LogP contribution in [0.5, 0.6) is 0 Å². The van der Waals surface area contributed by atoms with Crippen LogP contribution in [-0.4, -0.2) is 135 Å². The second kappa shape index (κ2) is 28.4. The number of hydrogen-bond donors (Lipinski definition) is 11. The highest BCUT2D eigenvalue weighted by molar-refractivity contribution is 6.00. The minimum Gasteiger partial charge on any atom is -0.480 e. The number of rotatable bonds is 14. The van der Waals surface area contributed by atoms with Crippen LogP contribution in [-0.2, 0) is 49.6 Å². The summed E-state index contributed by atoms with van der Waals surface area (Å²) < 4.78 is 0. The third-order valence-corrected chi connectivity index (χ3v) is 11.7. The standard InChI is InChI=1S/C48H72N10O12/c1-25(2)22-36-45(66)57-39(47(69)70)29(6)41(62)54-34(16-13-21-51-48(49)50)44(65)53-33(18-17-26(3)23-27(4)37(59)24-32-14-11-10-12-15-32)28(5)40(61)55-35(46(67)68)19-20-38(60)58(9)31(8)43(64)52-30(7)42(63)56-36/h10-12,14-15,17-18,23,25,27-30,33-37,39,59H,8,13,16,19-22,24H2,1-7,9H3,(H,52,64)(H,53,65)(H,54,62)(H,55,61)(H,56,63)(H,57,66)(H,67,68)(H,69,70)(H4,49,50,51)/b18-17+,26-23+/t27-,28?,29-,30+,33?,34?,35+,36?,37-,39?/m0/s1. The lowest BCUT2D eigenvalue weighted by molar-refractivity contribution is -0.146. The average Bonchev–Trinajstić information content (AvgIpc) is 3.29. The van der Waals surface area contributed by atoms with Crippen molar-refractivity contribution in [1.82, 2.24) is 36.8 Å². The lowest BCUT2D eigenvalue weighted by Gasteiger charge is -2.28. The van der Waals surface area contributed by atoms with Crippen LogP contribution in [0, 0.1) is 23.7 Å². The first kappa shape index (κ1) is 59.0. The number of allylic oxidation sites excluding steroid dienone is 2. The number of hydrogen-bond acceptors (Lipinski definition) is 11. The molecule has 0 spiro atoms. The number of likely N-dealkylation sites (N-methyl/N-ethyl adjacent to an activating group) is 1. The molecule has 1 saturated heterocycles. The lowest BCUT2D eigenvalue weighted by atomic mass is 9.94. The Bertz CT molecular complexity index is 2140. The third-order valence-electron chi connectivity index (χ3n) is 11.7. The van der Waals surface area contributed by atoms with E-state index < -0.39 is 126 Å². The van der Waals surface area contributed by atoms with Crippen LogP contribution in [0.25, 0.3) is 0 Å². The summed E-state index contributed by atoms with van der Waals surface area (Å²) in [4.78, 5) is 126. The molecule has 0 saturated carbocycles. The fraction of sp³-hybridized carbons (Fsp3) is 0.542. The topological polar surface area (TPSA) is 354 Å². The van der Waals surface area contributed by atoms with Gasteiger partial charge >= 0.3 is 11.9 Å². The number of aliphatic imine (C=N–C) groups is 1. The number of nitrogens with one attached hydrogen (secondary N) is 6. The van der Waals surface area contributed by atoms with Crippen LogP contribution in [0.2, 0.25) is 0 Å². The number of carboxylic acid groups (broad SMARTS) is 2. The Morgan fingerprint density at radius 2 is 1.43 bits per heavy atom. The van der Waals surface area contributed by atoms with Gasteiger partial charge in [0, 0.05) is 25.9 Å². The maximum absolute atomic E-state index is 14.3. The predicted molar refractivity (Wildman–Crippen MR) is 260 cm³/mol. The number of aliphatic hydroxyl groups excluding tert-OH is 1. The van der Waals surface area contributed by atoms with Crippen molar-refractivity contribution < 1.29 is 58.5 Å². The molecule has 10 atom stereocenters. The van der Waals surface area contributed by atoms with Gasteiger partial charge in [0.25, 0.3) is 5.91 Å². The van der Waals surface area contributed by atoms with E-state index in [-0.39, 0.29) is 43.6 Å². The first-order valence-corrected chi connectivity index (χ1v) is 23.1. The van der Waals surface area contributed by atoms with Gasteiger partial charge in [-0.25, -0.2) is 9.59 Å². The number of aliphatic hydroxyl groups is 1. The van der Waals surface area contributed by atoms with Crippen LogP contribution in [0.1, 0.15) is 86.1 Å². The van der Waals surface area contributed by atoms with E-state index in [0.717, 1.165) is 10.5 Å². The summed E-state index contributed by atoms with van der Waals surface area (Å²) in [6, 6.07) is 0.528. The number of amides is 7. The van der Waals surface area contributed by atoms with Gasteiger partial charge in [0.15, 0.2) is 5.96 Å². The number of guanidine groups is 1. The number of carboxylic acids is 2. The maximum atomic E-state index is 14.3. The Hall–Kier alpha value is -7.10. The Balaban J connectivity index is 2.71. The van der Waals surface area contributed by atoms with E-state index in [2.05, 4.69) is 43.5 Å². The number of carbonyl (C=O) groups excluding carboxylic acids is 7. The van der Waals surface area contributed by atoms with E-state index >= 15 is 0 Å². The lowest BCUT2D eigenvalue weighted by Crippen LogP contribution is -2.59. The van der Waals surface area contributed by atoms with Crippen molar-refractivity contribution >= 4 is 59.2 Å². The first-order chi connectivity index (χ1) is 32.7. The van der Waals surface area contributed by atoms with E-state index in [1.54, 1.807) is 32.9 Å². The average molecular weight is 981 g/mol. The Morgan fingerprint density at radius 3 is 2.01 bits per heavy atom. The molecule has 1 aromatic rings. The van der Waals surface area contributed by atoms with E-state index in [1.807, 2.05) is 37.3 Å². The number of benzene rings is 1. The van der Waals surface area contributed by atoms with Gasteiger partial charge in [0.2, 0.25) is 35.4 Å². The fourth-order valence-corrected chi connectivity index (χ4v) is 7.17. The summed E-state index contributed by atoms with van der Waals surface area (Å²) in [5.41, 5.74) is 12.1. The molecule has 22 heteroatoms. The molecule has 7 amide bonds. The van der Waals surface area contributed by atoms with Crippen LogP contribution in [0.15, 0.2) is 71.4 Å². The molecule has 22 nitrogen and oxygen atoms in total. The van der Waals surface area contributed by atoms with Gasteiger partial charge in [0.05, 0.1) is 24.0 Å². The van der Waals surface area contributed by atoms with Gasteiger partial charge < -0.3 is 63.6 Å². The van der Waals surface area contributed by atoms with Crippen LogP contribution < -0.4 is 43.4 Å². The molecule has 386 valence electrons. The summed E-state index contributed by atoms with van der Waals surface area (Å²) in [6.45, 7) is 14.6. The summed E-state index contributed by atoms with van der Waals surface area (Å²) in [6.07, 6.45) is 3.51. The van der Waals surface area contributed by atoms with Crippen molar-refractivity contribution in [2.45, 2.75) is 129 Å². The van der Waals surface area contributed by atoms with Gasteiger partial charge in [-0.05, 0) is 57.4 Å². The van der Waals surface area contributed by atoms with Crippen molar-refractivity contribution in [2.24, 2.45) is 40.1 Å². The van der Waals surface area contributed by atoms with Crippen molar-refractivity contribution in [1.29, 1.82) is 0 Å². The molecular formula is C48H72N10O12. The van der Waals surface area contributed by atoms with E-state index in [9.17, 15) is 58.5 Å². The fourth-order valence-electron chi connectivity index (χ4n) is 7.17. The van der Waals surface area contributed by atoms with Crippen LogP contribution >= 0.6 is 0 Å². The first-order valence-electron chi connectivity index (χ1n) is 23.1. The number of aliphatic carboxylic acids is 2. The third kappa shape index (κ3) is 19.5. The summed E-state index contributed by atoms with van der Waals surface area (Å²) >= 11 is 0. The van der Waals surface area contributed by atoms with E-state index in [4.69, 9.17) is 11.5 Å². The molecule has 1 fully saturated rings. The molecule has 5 unspecified atom stereocenters. The highest BCUT2D eigenvalue weighted by Crippen LogP contribution is 2.17. The molecule has 1 heterocycles. The Morgan fingerprint density at radius 1 is 0.829 bits per heavy atom. The Kier molecular flexibility index (Phi) is 24.0. The monoisotopic (exact) mass is 981 g/mol. The molecule has 2 rings (SSSR count). The molecule has 13 N–H and O–H groups in total. The number of carbonyl (C=O) groups is 9. The zero-order valence-electron chi connectivity index (χ0n) is 41.2. The second-order valence-corrected chi connectivity index (χ2v) is 18.1. The normalized spacial score (nSPS) is 25.5. The van der Waals surface area contributed by atoms with Gasteiger partial charge in [-0.1, -0.05) is 95.3 Å². The van der Waals surface area contributed by atoms with E-state index in [0.29, 0.717) is 12.0 Å². The van der Waals surface area contributed by atoms with Crippen molar-refractivity contribution in [2.75, 3.05) is 13.6 Å². The molecule has 1 aliphatic rings. The highest BCUT2D eigenvalue weighted by Gasteiger charge is 2.37. The largest absolute Gasteiger partial charge is 0.480 e. The quantitative estimate of drug-likeness (QED) is 0.0384. The minimum atomic E-state index is -1.89. The van der Waals surface area contributed by atoms with Gasteiger partial charge in [0.1, 0.15) is 35.9 Å². The summed E-state index contributed by atoms with van der Waals surface area (Å²) in [7, 11) is 1.20. The summed E-state index contributed by atoms with van der Waals surface area (Å²) in [5.74, 6) is -13.0. The molecule has 0 bridgehead atoms. The number of nitrogens with two attached hydrogens (primary N) is 2. The van der Waals surface area contributed by atoms with Crippen molar-refractivity contribution in [3.8, 4) is 0 Å². The van der Waals surface area contributed by atoms with Crippen molar-refractivity contribution in [3.05, 3.63) is 72.0 Å². The molecule has 0 radical (unpaired) electrons. The minimum absolute atomic E-state index is 0.000429. The highest BCUT2D eigenvalue weighted by atomic mass is 16.4. The predicted octanol–water partition coefficient (Wildman–Crippen LogP) is -0.0357. The number of nitrogens with zero attached hydrogens (tertiary/aromatic N) is 2. The van der Waals surface area contributed by atoms with Crippen LogP contribution in [0.3, 0.4) is 0 Å². The molecule has 1 aliphatic heterocycles. The van der Waals surface area contributed by atoms with E-state index in [1.165, 1.54) is 33.9 Å². The SMILES string of the molecule is C=C1C(=O)N[C@H](C)C(=O)NC(CC(C)C)C(=O)NC(C(=O)O)[C@H](C)C(=O)NC(CCCN=C(N)N)C(=O)NC(/C=C/C(C)=C/[C@H](C)[C@@H](O)Cc2ccccc2)C(C)C(=O)N[C@@H](C(=O)O)CCC(=O)N1C. The van der Waals surface area contributed by atoms with Crippen molar-refractivity contribution in [3.63, 3.8) is 0 Å².